The molecule has 1 heterocycles. The molecule has 1 unspecified atom stereocenters. The second-order valence-corrected chi connectivity index (χ2v) is 5.33. The molecule has 1 aromatic rings. The molecule has 1 aromatic heterocycles. The van der Waals surface area contributed by atoms with Gasteiger partial charge in [-0.25, -0.2) is 0 Å². The largest absolute Gasteiger partial charge is 0.312 e. The predicted octanol–water partition coefficient (Wildman–Crippen LogP) is 2.05. The van der Waals surface area contributed by atoms with Crippen LogP contribution in [0, 0.1) is 5.41 Å². The van der Waals surface area contributed by atoms with Crippen molar-refractivity contribution in [1.82, 2.24) is 15.1 Å². The molecule has 84 valence electrons. The summed E-state index contributed by atoms with van der Waals surface area (Å²) in [6.07, 6.45) is 7.84. The molecule has 1 aliphatic rings. The molecule has 1 aliphatic carbocycles. The maximum Gasteiger partial charge on any atom is 0.0534 e. The number of hydrogen-bond donors (Lipinski definition) is 1. The minimum atomic E-state index is 0.545. The van der Waals surface area contributed by atoms with E-state index >= 15 is 0 Å². The van der Waals surface area contributed by atoms with Gasteiger partial charge >= 0.3 is 0 Å². The van der Waals surface area contributed by atoms with Gasteiger partial charge < -0.3 is 5.32 Å². The zero-order valence-corrected chi connectivity index (χ0v) is 9.74. The molecule has 3 nitrogen and oxygen atoms in total. The van der Waals surface area contributed by atoms with Crippen LogP contribution in [0.4, 0.5) is 0 Å². The monoisotopic (exact) mass is 207 g/mol. The van der Waals surface area contributed by atoms with Crippen molar-refractivity contribution in [3.05, 3.63) is 18.5 Å². The highest BCUT2D eigenvalue weighted by molar-refractivity contribution is 4.86. The Bertz CT molecular complexity index is 290. The van der Waals surface area contributed by atoms with E-state index in [0.717, 1.165) is 19.1 Å². The molecule has 0 radical (unpaired) electrons. The topological polar surface area (TPSA) is 29.9 Å². The lowest BCUT2D eigenvalue weighted by Crippen LogP contribution is -2.30. The fraction of sp³-hybridized carbons (Fsp3) is 0.750. The van der Waals surface area contributed by atoms with Gasteiger partial charge in [-0.3, -0.25) is 4.68 Å². The molecule has 0 aromatic carbocycles. The van der Waals surface area contributed by atoms with Crippen molar-refractivity contribution in [2.24, 2.45) is 5.41 Å². The lowest BCUT2D eigenvalue weighted by molar-refractivity contribution is 0.362. The van der Waals surface area contributed by atoms with Crippen LogP contribution in [0.15, 0.2) is 18.5 Å². The summed E-state index contributed by atoms with van der Waals surface area (Å²) in [4.78, 5) is 0. The van der Waals surface area contributed by atoms with Crippen molar-refractivity contribution >= 4 is 0 Å². The van der Waals surface area contributed by atoms with Gasteiger partial charge in [0.05, 0.1) is 6.54 Å². The van der Waals surface area contributed by atoms with Gasteiger partial charge in [0.1, 0.15) is 0 Å². The van der Waals surface area contributed by atoms with E-state index in [1.165, 1.54) is 19.3 Å². The number of hydrogen-bond acceptors (Lipinski definition) is 2. The third kappa shape index (κ3) is 3.06. The molecular formula is C12H21N3. The van der Waals surface area contributed by atoms with Crippen LogP contribution in [-0.4, -0.2) is 22.4 Å². The molecule has 0 aliphatic heterocycles. The molecule has 15 heavy (non-hydrogen) atoms. The highest BCUT2D eigenvalue weighted by atomic mass is 15.3. The van der Waals surface area contributed by atoms with Gasteiger partial charge in [0.25, 0.3) is 0 Å². The second-order valence-electron chi connectivity index (χ2n) is 5.33. The lowest BCUT2D eigenvalue weighted by Gasteiger charge is -2.17. The first kappa shape index (κ1) is 10.7. The Hall–Kier alpha value is -0.830. The van der Waals surface area contributed by atoms with Crippen LogP contribution in [0.5, 0.6) is 0 Å². The summed E-state index contributed by atoms with van der Waals surface area (Å²) >= 11 is 0. The van der Waals surface area contributed by atoms with Crippen molar-refractivity contribution < 1.29 is 0 Å². The van der Waals surface area contributed by atoms with Crippen LogP contribution in [-0.2, 0) is 6.54 Å². The molecule has 1 N–H and O–H groups in total. The SMILES string of the molecule is CC1(C)CCC(NCCn2cccn2)C1. The van der Waals surface area contributed by atoms with Gasteiger partial charge in [0.2, 0.25) is 0 Å². The molecule has 1 fully saturated rings. The van der Waals surface area contributed by atoms with Crippen molar-refractivity contribution in [1.29, 1.82) is 0 Å². The van der Waals surface area contributed by atoms with Crippen molar-refractivity contribution in [2.45, 2.75) is 45.7 Å². The van der Waals surface area contributed by atoms with E-state index < -0.39 is 0 Å². The van der Waals surface area contributed by atoms with Crippen molar-refractivity contribution in [3.8, 4) is 0 Å². The van der Waals surface area contributed by atoms with Crippen LogP contribution in [0.25, 0.3) is 0 Å². The number of nitrogens with one attached hydrogen (secondary N) is 1. The van der Waals surface area contributed by atoms with E-state index in [-0.39, 0.29) is 0 Å². The second kappa shape index (κ2) is 4.35. The molecule has 2 rings (SSSR count). The summed E-state index contributed by atoms with van der Waals surface area (Å²) in [7, 11) is 0. The first-order valence-corrected chi connectivity index (χ1v) is 5.87. The summed E-state index contributed by atoms with van der Waals surface area (Å²) in [6.45, 7) is 6.73. The van der Waals surface area contributed by atoms with Crippen LogP contribution in [0.1, 0.15) is 33.1 Å². The van der Waals surface area contributed by atoms with Crippen LogP contribution in [0.3, 0.4) is 0 Å². The zero-order chi connectivity index (χ0) is 10.7. The normalized spacial score (nSPS) is 24.5. The van der Waals surface area contributed by atoms with Crippen molar-refractivity contribution in [2.75, 3.05) is 6.54 Å². The van der Waals surface area contributed by atoms with Crippen LogP contribution < -0.4 is 5.32 Å². The Balaban J connectivity index is 1.67. The summed E-state index contributed by atoms with van der Waals surface area (Å²) in [5, 5.41) is 7.80. The maximum atomic E-state index is 4.19. The summed E-state index contributed by atoms with van der Waals surface area (Å²) < 4.78 is 1.98. The average Bonchev–Trinajstić information content (AvgIpc) is 2.76. The molecular weight excluding hydrogens is 186 g/mol. The van der Waals surface area contributed by atoms with E-state index in [0.29, 0.717) is 5.41 Å². The molecule has 1 saturated carbocycles. The zero-order valence-electron chi connectivity index (χ0n) is 9.74. The standard InChI is InChI=1S/C12H21N3/c1-12(2)5-4-11(10-12)13-7-9-15-8-3-6-14-15/h3,6,8,11,13H,4-5,7,9-10H2,1-2H3. The van der Waals surface area contributed by atoms with Crippen LogP contribution in [0.2, 0.25) is 0 Å². The van der Waals surface area contributed by atoms with Gasteiger partial charge in [-0.15, -0.1) is 0 Å². The van der Waals surface area contributed by atoms with E-state index in [2.05, 4.69) is 24.3 Å². The first-order chi connectivity index (χ1) is 7.16. The minimum absolute atomic E-state index is 0.545. The first-order valence-electron chi connectivity index (χ1n) is 5.87. The Morgan fingerprint density at radius 2 is 2.40 bits per heavy atom. The van der Waals surface area contributed by atoms with Crippen LogP contribution >= 0.6 is 0 Å². The quantitative estimate of drug-likeness (QED) is 0.819. The smallest absolute Gasteiger partial charge is 0.0534 e. The summed E-state index contributed by atoms with van der Waals surface area (Å²) in [5.41, 5.74) is 0.545. The van der Waals surface area contributed by atoms with Crippen molar-refractivity contribution in [3.63, 3.8) is 0 Å². The molecule has 3 heteroatoms. The Labute approximate surface area is 91.9 Å². The van der Waals surface area contributed by atoms with Gasteiger partial charge in [-0.2, -0.15) is 5.10 Å². The van der Waals surface area contributed by atoms with Gasteiger partial charge in [0, 0.05) is 25.0 Å². The number of nitrogens with zero attached hydrogens (tertiary/aromatic N) is 2. The molecule has 0 amide bonds. The minimum Gasteiger partial charge on any atom is -0.312 e. The Kier molecular flexibility index (Phi) is 3.10. The van der Waals surface area contributed by atoms with E-state index in [4.69, 9.17) is 0 Å². The Morgan fingerprint density at radius 1 is 1.53 bits per heavy atom. The van der Waals surface area contributed by atoms with Gasteiger partial charge in [0.15, 0.2) is 0 Å². The predicted molar refractivity (Wildman–Crippen MR) is 61.6 cm³/mol. The van der Waals surface area contributed by atoms with Gasteiger partial charge in [-0.05, 0) is 30.7 Å². The third-order valence-electron chi connectivity index (χ3n) is 3.30. The molecule has 0 saturated heterocycles. The number of aromatic nitrogens is 2. The average molecular weight is 207 g/mol. The molecule has 0 spiro atoms. The fourth-order valence-electron chi connectivity index (χ4n) is 2.43. The van der Waals surface area contributed by atoms with E-state index in [9.17, 15) is 0 Å². The Morgan fingerprint density at radius 3 is 3.00 bits per heavy atom. The third-order valence-corrected chi connectivity index (χ3v) is 3.30. The molecule has 1 atom stereocenters. The highest BCUT2D eigenvalue weighted by Gasteiger charge is 2.30. The van der Waals surface area contributed by atoms with E-state index in [1.54, 1.807) is 0 Å². The maximum absolute atomic E-state index is 4.19. The number of rotatable bonds is 4. The summed E-state index contributed by atoms with van der Waals surface area (Å²) in [5.74, 6) is 0. The fourth-order valence-corrected chi connectivity index (χ4v) is 2.43. The lowest BCUT2D eigenvalue weighted by atomic mass is 9.92. The van der Waals surface area contributed by atoms with E-state index in [1.807, 2.05) is 23.1 Å². The summed E-state index contributed by atoms with van der Waals surface area (Å²) in [6, 6.07) is 2.69. The van der Waals surface area contributed by atoms with Gasteiger partial charge in [-0.1, -0.05) is 13.8 Å². The molecule has 0 bridgehead atoms. The highest BCUT2D eigenvalue weighted by Crippen LogP contribution is 2.36.